The number of aromatic nitrogens is 1. The minimum Gasteiger partial charge on any atom is -0.464 e. The zero-order valence-electron chi connectivity index (χ0n) is 20.1. The molecule has 0 unspecified atom stereocenters. The van der Waals surface area contributed by atoms with E-state index in [2.05, 4.69) is 23.6 Å². The zero-order valence-corrected chi connectivity index (χ0v) is 20.9. The van der Waals surface area contributed by atoms with Crippen molar-refractivity contribution in [3.05, 3.63) is 60.6 Å². The Bertz CT molecular complexity index is 1310. The van der Waals surface area contributed by atoms with E-state index in [0.717, 1.165) is 17.4 Å². The molecule has 2 bridgehead atoms. The van der Waals surface area contributed by atoms with E-state index in [4.69, 9.17) is 9.07 Å². The molecule has 0 radical (unpaired) electrons. The third-order valence-corrected chi connectivity index (χ3v) is 9.70. The van der Waals surface area contributed by atoms with Crippen LogP contribution in [0.3, 0.4) is 0 Å². The maximum atomic E-state index is 13.1. The van der Waals surface area contributed by atoms with Crippen molar-refractivity contribution >= 4 is 28.1 Å². The summed E-state index contributed by atoms with van der Waals surface area (Å²) < 4.78 is 40.5. The van der Waals surface area contributed by atoms with Gasteiger partial charge in [0.2, 0.25) is 10.0 Å². The van der Waals surface area contributed by atoms with E-state index in [0.29, 0.717) is 17.9 Å². The van der Waals surface area contributed by atoms with Gasteiger partial charge in [0.05, 0.1) is 23.9 Å². The van der Waals surface area contributed by atoms with Gasteiger partial charge >= 0.3 is 7.12 Å². The van der Waals surface area contributed by atoms with Crippen molar-refractivity contribution in [3.63, 3.8) is 0 Å². The Morgan fingerprint density at radius 2 is 2.00 bits per heavy atom. The summed E-state index contributed by atoms with van der Waals surface area (Å²) in [5.74, 6) is -0.592. The molecule has 0 aliphatic heterocycles. The molecule has 0 spiro atoms. The topological polar surface area (TPSA) is 122 Å². The van der Waals surface area contributed by atoms with Crippen LogP contribution >= 0.6 is 0 Å². The molecule has 10 heteroatoms. The van der Waals surface area contributed by atoms with Crippen LogP contribution in [0.4, 0.5) is 0 Å². The second kappa shape index (κ2) is 8.71. The predicted octanol–water partition coefficient (Wildman–Crippen LogP) is 2.94. The van der Waals surface area contributed by atoms with Crippen molar-refractivity contribution in [1.29, 1.82) is 0 Å². The van der Waals surface area contributed by atoms with Crippen LogP contribution in [0.2, 0.25) is 0 Å². The highest BCUT2D eigenvalue weighted by molar-refractivity contribution is 7.89. The molecule has 6 rings (SSSR count). The number of pyridine rings is 1. The highest BCUT2D eigenvalue weighted by Gasteiger charge is 2.63. The van der Waals surface area contributed by atoms with Crippen LogP contribution in [0.25, 0.3) is 11.0 Å². The lowest BCUT2D eigenvalue weighted by atomic mass is 9.43. The van der Waals surface area contributed by atoms with Crippen molar-refractivity contribution in [3.8, 4) is 0 Å². The van der Waals surface area contributed by atoms with E-state index < -0.39 is 34.8 Å². The number of aliphatic hydroxyl groups is 1. The Hall–Kier alpha value is -2.24. The van der Waals surface area contributed by atoms with Crippen molar-refractivity contribution < 1.29 is 27.6 Å². The summed E-state index contributed by atoms with van der Waals surface area (Å²) in [7, 11) is -5.49. The first-order valence-electron chi connectivity index (χ1n) is 11.9. The zero-order chi connectivity index (χ0) is 25.0. The Morgan fingerprint density at radius 3 is 2.69 bits per heavy atom. The summed E-state index contributed by atoms with van der Waals surface area (Å²) in [5.41, 5.74) is 0.283. The van der Waals surface area contributed by atoms with Crippen LogP contribution in [-0.2, 0) is 21.1 Å². The molecule has 35 heavy (non-hydrogen) atoms. The maximum absolute atomic E-state index is 13.1. The smallest absolute Gasteiger partial charge is 0.464 e. The van der Waals surface area contributed by atoms with Crippen LogP contribution in [0.15, 0.2) is 64.4 Å². The minimum absolute atomic E-state index is 0.00528. The monoisotopic (exact) mass is 498 g/mol. The number of nitrogens with zero attached hydrogens (tertiary/aromatic N) is 1. The molecule has 2 aromatic heterocycles. The first-order chi connectivity index (χ1) is 16.5. The molecule has 1 aromatic carbocycles. The highest BCUT2D eigenvalue weighted by Crippen LogP contribution is 2.63. The fourth-order valence-electron chi connectivity index (χ4n) is 5.99. The van der Waals surface area contributed by atoms with E-state index in [1.165, 1.54) is 24.5 Å². The maximum Gasteiger partial charge on any atom is 0.474 e. The third kappa shape index (κ3) is 4.31. The number of nitrogens with one attached hydrogen (secondary N) is 1. The molecule has 3 aliphatic rings. The van der Waals surface area contributed by atoms with Crippen LogP contribution < -0.4 is 4.72 Å². The number of fused-ring (bicyclic) bond motifs is 3. The predicted molar refractivity (Wildman–Crippen MR) is 132 cm³/mol. The Kier molecular flexibility index (Phi) is 6.08. The highest BCUT2D eigenvalue weighted by atomic mass is 32.2. The van der Waals surface area contributed by atoms with Crippen LogP contribution in [-0.4, -0.2) is 48.3 Å². The molecule has 0 saturated heterocycles. The van der Waals surface area contributed by atoms with Gasteiger partial charge in [-0.2, -0.15) is 0 Å². The van der Waals surface area contributed by atoms with E-state index in [9.17, 15) is 18.5 Å². The second-order valence-electron chi connectivity index (χ2n) is 10.7. The Balaban J connectivity index is 1.41. The SMILES string of the molecule is CC1(C)[C@@H]2C[C@@H](OB(O)[C@H](Cc3coc4ccccc34)NS(=O)(=O)c3cccnc3)[C@@](C)(O)[C@H]1C2. The molecule has 186 valence electrons. The summed E-state index contributed by atoms with van der Waals surface area (Å²) in [6.07, 6.45) is 5.35. The largest absolute Gasteiger partial charge is 0.474 e. The number of sulfonamides is 1. The Morgan fingerprint density at radius 1 is 1.23 bits per heavy atom. The minimum atomic E-state index is -4.00. The second-order valence-corrected chi connectivity index (χ2v) is 12.4. The van der Waals surface area contributed by atoms with Gasteiger partial charge in [-0.3, -0.25) is 4.98 Å². The number of hydrogen-bond acceptors (Lipinski definition) is 7. The standard InChI is InChI=1S/C25H31BN2O6S/c1-24(2)17-12-21(24)25(3,29)22(13-17)34-26(30)23(28-35(31,32)18-7-6-10-27-14-18)11-16-15-33-20-9-5-4-8-19(16)20/h4-10,14-15,17,21-23,28-30H,11-13H2,1-3H3/t17-,21-,22+,23-,25-/m0/s1. The summed E-state index contributed by atoms with van der Waals surface area (Å²) in [4.78, 5) is 3.89. The van der Waals surface area contributed by atoms with Gasteiger partial charge in [0.15, 0.2) is 0 Å². The van der Waals surface area contributed by atoms with Crippen LogP contribution in [0.5, 0.6) is 0 Å². The van der Waals surface area contributed by atoms with Gasteiger partial charge in [-0.25, -0.2) is 13.1 Å². The average Bonchev–Trinajstić information content (AvgIpc) is 3.22. The molecular formula is C25H31BN2O6S. The van der Waals surface area contributed by atoms with Crippen molar-refractivity contribution in [2.45, 2.75) is 62.6 Å². The summed E-state index contributed by atoms with van der Waals surface area (Å²) >= 11 is 0. The molecule has 5 atom stereocenters. The van der Waals surface area contributed by atoms with E-state index in [1.807, 2.05) is 24.3 Å². The van der Waals surface area contributed by atoms with Crippen molar-refractivity contribution in [2.24, 2.45) is 17.3 Å². The van der Waals surface area contributed by atoms with Gasteiger partial charge in [0, 0.05) is 17.8 Å². The van der Waals surface area contributed by atoms with Gasteiger partial charge in [-0.1, -0.05) is 32.0 Å². The lowest BCUT2D eigenvalue weighted by Gasteiger charge is -2.65. The van der Waals surface area contributed by atoms with E-state index in [1.54, 1.807) is 13.2 Å². The molecule has 2 heterocycles. The fraction of sp³-hybridized carbons (Fsp3) is 0.480. The number of hydrogen-bond donors (Lipinski definition) is 3. The average molecular weight is 498 g/mol. The molecule has 3 fully saturated rings. The van der Waals surface area contributed by atoms with Crippen molar-refractivity contribution in [1.82, 2.24) is 9.71 Å². The molecule has 3 saturated carbocycles. The van der Waals surface area contributed by atoms with Crippen LogP contribution in [0, 0.1) is 17.3 Å². The summed E-state index contributed by atoms with van der Waals surface area (Å²) in [6.45, 7) is 6.06. The number of rotatable bonds is 8. The number of para-hydroxylation sites is 1. The van der Waals surface area contributed by atoms with E-state index >= 15 is 0 Å². The molecular weight excluding hydrogens is 467 g/mol. The first kappa shape index (κ1) is 24.5. The third-order valence-electron chi connectivity index (χ3n) is 8.23. The van der Waals surface area contributed by atoms with Gasteiger partial charge in [-0.05, 0) is 67.2 Å². The quantitative estimate of drug-likeness (QED) is 0.408. The molecule has 0 amide bonds. The number of benzene rings is 1. The Labute approximate surface area is 205 Å². The van der Waals surface area contributed by atoms with Gasteiger partial charge in [-0.15, -0.1) is 0 Å². The van der Waals surface area contributed by atoms with E-state index in [-0.39, 0.29) is 22.6 Å². The van der Waals surface area contributed by atoms with Gasteiger partial charge < -0.3 is 19.2 Å². The van der Waals surface area contributed by atoms with Crippen molar-refractivity contribution in [2.75, 3.05) is 0 Å². The first-order valence-corrected chi connectivity index (χ1v) is 13.4. The lowest BCUT2D eigenvalue weighted by Crippen LogP contribution is -2.68. The summed E-state index contributed by atoms with van der Waals surface area (Å²) in [5, 5.41) is 23.3. The molecule has 3 aromatic rings. The van der Waals surface area contributed by atoms with Gasteiger partial charge in [0.25, 0.3) is 0 Å². The van der Waals surface area contributed by atoms with Crippen LogP contribution in [0.1, 0.15) is 39.2 Å². The molecule has 3 N–H and O–H groups in total. The normalized spacial score (nSPS) is 28.4. The fourth-order valence-corrected chi connectivity index (χ4v) is 7.18. The van der Waals surface area contributed by atoms with Gasteiger partial charge in [0.1, 0.15) is 10.5 Å². The molecule has 3 aliphatic carbocycles. The summed E-state index contributed by atoms with van der Waals surface area (Å²) in [6, 6.07) is 10.4. The molecule has 8 nitrogen and oxygen atoms in total. The number of furan rings is 1. The lowest BCUT2D eigenvalue weighted by molar-refractivity contribution is -0.241.